The Morgan fingerprint density at radius 2 is 1.79 bits per heavy atom. The Kier molecular flexibility index (Phi) is 6.07. The molecule has 0 aromatic heterocycles. The maximum absolute atomic E-state index is 4.73. The van der Waals surface area contributed by atoms with Crippen LogP contribution in [0.2, 0.25) is 0 Å². The van der Waals surface area contributed by atoms with Crippen LogP contribution in [-0.2, 0) is 0 Å². The largest absolute Gasteiger partial charge is 0.333 e. The molecule has 0 aliphatic heterocycles. The number of nitrogens with zero attached hydrogens (tertiary/aromatic N) is 2. The first-order valence-electron chi connectivity index (χ1n) is 6.74. The van der Waals surface area contributed by atoms with Gasteiger partial charge in [-0.3, -0.25) is 0 Å². The van der Waals surface area contributed by atoms with Crippen molar-refractivity contribution in [1.29, 1.82) is 0 Å². The van der Waals surface area contributed by atoms with E-state index in [1.54, 1.807) is 0 Å². The normalized spacial score (nSPS) is 11.7. The van der Waals surface area contributed by atoms with Crippen molar-refractivity contribution in [2.45, 2.75) is 34.1 Å². The maximum atomic E-state index is 4.73. The molecule has 0 N–H and O–H groups in total. The Labute approximate surface area is 117 Å². The first kappa shape index (κ1) is 15.2. The Bertz CT molecular complexity index is 477. The van der Waals surface area contributed by atoms with E-state index in [4.69, 9.17) is 4.99 Å². The molecule has 0 atom stereocenters. The molecule has 0 amide bonds. The smallest absolute Gasteiger partial charge is 0.106 e. The SMILES string of the molecule is CC/C=C\C(N=C(C)N(C)c1ccccc1)=C(C)C. The summed E-state index contributed by atoms with van der Waals surface area (Å²) in [4.78, 5) is 6.83. The lowest BCUT2D eigenvalue weighted by Gasteiger charge is -2.19. The van der Waals surface area contributed by atoms with Gasteiger partial charge in [-0.2, -0.15) is 0 Å². The van der Waals surface area contributed by atoms with Crippen LogP contribution in [0.4, 0.5) is 5.69 Å². The summed E-state index contributed by atoms with van der Waals surface area (Å²) in [5.74, 6) is 0.989. The highest BCUT2D eigenvalue weighted by Gasteiger charge is 2.04. The van der Waals surface area contributed by atoms with Crippen LogP contribution in [-0.4, -0.2) is 12.9 Å². The van der Waals surface area contributed by atoms with Crippen LogP contribution in [0.25, 0.3) is 0 Å². The molecule has 0 unspecified atom stereocenters. The van der Waals surface area contributed by atoms with Crippen molar-refractivity contribution in [3.05, 3.63) is 53.8 Å². The number of benzene rings is 1. The molecule has 1 rings (SSSR count). The number of para-hydroxylation sites is 1. The lowest BCUT2D eigenvalue weighted by atomic mass is 10.2. The van der Waals surface area contributed by atoms with Crippen molar-refractivity contribution in [1.82, 2.24) is 0 Å². The zero-order valence-corrected chi connectivity index (χ0v) is 12.6. The lowest BCUT2D eigenvalue weighted by Crippen LogP contribution is -2.23. The van der Waals surface area contributed by atoms with Gasteiger partial charge in [0.2, 0.25) is 0 Å². The summed E-state index contributed by atoms with van der Waals surface area (Å²) >= 11 is 0. The van der Waals surface area contributed by atoms with E-state index in [9.17, 15) is 0 Å². The fourth-order valence-electron chi connectivity index (χ4n) is 1.63. The molecule has 0 heterocycles. The first-order chi connectivity index (χ1) is 9.06. The van der Waals surface area contributed by atoms with Gasteiger partial charge < -0.3 is 4.90 Å². The molecule has 0 aliphatic rings. The summed E-state index contributed by atoms with van der Waals surface area (Å²) in [5, 5.41) is 0. The second-order valence-corrected chi connectivity index (χ2v) is 4.75. The summed E-state index contributed by atoms with van der Waals surface area (Å²) in [6, 6.07) is 10.3. The standard InChI is InChI=1S/C17H24N2/c1-6-7-13-17(14(2)3)18-15(4)19(5)16-11-9-8-10-12-16/h7-13H,6H2,1-5H3/b13-7-,18-15?. The molecular formula is C17H24N2. The summed E-state index contributed by atoms with van der Waals surface area (Å²) in [7, 11) is 2.04. The zero-order valence-electron chi connectivity index (χ0n) is 12.6. The fraction of sp³-hybridized carbons (Fsp3) is 0.353. The van der Waals surface area contributed by atoms with Crippen LogP contribution in [0, 0.1) is 0 Å². The molecule has 1 aromatic rings. The second kappa shape index (κ2) is 7.57. The Morgan fingerprint density at radius 1 is 1.16 bits per heavy atom. The van der Waals surface area contributed by atoms with Gasteiger partial charge in [0.05, 0.1) is 5.70 Å². The van der Waals surface area contributed by atoms with Gasteiger partial charge in [0.25, 0.3) is 0 Å². The highest BCUT2D eigenvalue weighted by atomic mass is 15.2. The van der Waals surface area contributed by atoms with Gasteiger partial charge in [-0.25, -0.2) is 4.99 Å². The fourth-order valence-corrected chi connectivity index (χ4v) is 1.63. The number of hydrogen-bond donors (Lipinski definition) is 0. The summed E-state index contributed by atoms with van der Waals surface area (Å²) in [5.41, 5.74) is 3.42. The van der Waals surface area contributed by atoms with Crippen LogP contribution in [0.15, 0.2) is 58.7 Å². The molecule has 0 aliphatic carbocycles. The Morgan fingerprint density at radius 3 is 2.32 bits per heavy atom. The van der Waals surface area contributed by atoms with Crippen LogP contribution < -0.4 is 4.90 Å². The molecule has 0 fully saturated rings. The van der Waals surface area contributed by atoms with E-state index in [1.807, 2.05) is 32.2 Å². The van der Waals surface area contributed by atoms with Crippen molar-refractivity contribution in [3.63, 3.8) is 0 Å². The van der Waals surface area contributed by atoms with Crippen molar-refractivity contribution in [2.24, 2.45) is 4.99 Å². The minimum absolute atomic E-state index is 0.989. The molecule has 0 saturated heterocycles. The Hall–Kier alpha value is -1.83. The van der Waals surface area contributed by atoms with E-state index in [0.717, 1.165) is 23.6 Å². The van der Waals surface area contributed by atoms with Crippen LogP contribution in [0.5, 0.6) is 0 Å². The molecule has 0 bridgehead atoms. The number of allylic oxidation sites excluding steroid dienone is 3. The minimum Gasteiger partial charge on any atom is -0.333 e. The topological polar surface area (TPSA) is 15.6 Å². The van der Waals surface area contributed by atoms with E-state index < -0.39 is 0 Å². The van der Waals surface area contributed by atoms with Crippen molar-refractivity contribution in [3.8, 4) is 0 Å². The van der Waals surface area contributed by atoms with Gasteiger partial charge in [0.1, 0.15) is 5.84 Å². The lowest BCUT2D eigenvalue weighted by molar-refractivity contribution is 1.17. The highest BCUT2D eigenvalue weighted by Crippen LogP contribution is 2.14. The number of aliphatic imine (C=N–C) groups is 1. The van der Waals surface area contributed by atoms with Crippen molar-refractivity contribution < 1.29 is 0 Å². The van der Waals surface area contributed by atoms with Crippen LogP contribution in [0.3, 0.4) is 0 Å². The van der Waals surface area contributed by atoms with Crippen molar-refractivity contribution in [2.75, 3.05) is 11.9 Å². The average Bonchev–Trinajstić information content (AvgIpc) is 2.43. The predicted molar refractivity (Wildman–Crippen MR) is 85.8 cm³/mol. The molecule has 2 heteroatoms. The Balaban J connectivity index is 2.97. The summed E-state index contributed by atoms with van der Waals surface area (Å²) in [6.45, 7) is 8.35. The molecule has 102 valence electrons. The number of anilines is 1. The summed E-state index contributed by atoms with van der Waals surface area (Å²) in [6.07, 6.45) is 5.26. The quantitative estimate of drug-likeness (QED) is 0.429. The first-order valence-corrected chi connectivity index (χ1v) is 6.74. The van der Waals surface area contributed by atoms with E-state index >= 15 is 0 Å². The van der Waals surface area contributed by atoms with Gasteiger partial charge in [0, 0.05) is 12.7 Å². The average molecular weight is 256 g/mol. The van der Waals surface area contributed by atoms with Crippen molar-refractivity contribution >= 4 is 11.5 Å². The zero-order chi connectivity index (χ0) is 14.3. The van der Waals surface area contributed by atoms with E-state index in [0.29, 0.717) is 0 Å². The van der Waals surface area contributed by atoms with E-state index in [2.05, 4.69) is 50.0 Å². The number of rotatable bonds is 4. The number of hydrogen-bond acceptors (Lipinski definition) is 1. The third-order valence-electron chi connectivity index (χ3n) is 2.93. The van der Waals surface area contributed by atoms with Gasteiger partial charge in [-0.05, 0) is 45.4 Å². The monoisotopic (exact) mass is 256 g/mol. The molecule has 0 spiro atoms. The van der Waals surface area contributed by atoms with Gasteiger partial charge in [-0.1, -0.05) is 36.8 Å². The van der Waals surface area contributed by atoms with Gasteiger partial charge >= 0.3 is 0 Å². The molecule has 2 nitrogen and oxygen atoms in total. The third-order valence-corrected chi connectivity index (χ3v) is 2.93. The molecule has 0 radical (unpaired) electrons. The molecule has 0 saturated carbocycles. The van der Waals surface area contributed by atoms with Gasteiger partial charge in [-0.15, -0.1) is 0 Å². The molecule has 19 heavy (non-hydrogen) atoms. The van der Waals surface area contributed by atoms with Crippen LogP contribution >= 0.6 is 0 Å². The summed E-state index contributed by atoms with van der Waals surface area (Å²) < 4.78 is 0. The van der Waals surface area contributed by atoms with E-state index in [1.165, 1.54) is 5.57 Å². The van der Waals surface area contributed by atoms with Gasteiger partial charge in [0.15, 0.2) is 0 Å². The molecule has 1 aromatic carbocycles. The van der Waals surface area contributed by atoms with E-state index in [-0.39, 0.29) is 0 Å². The highest BCUT2D eigenvalue weighted by molar-refractivity contribution is 5.96. The predicted octanol–water partition coefficient (Wildman–Crippen LogP) is 4.80. The maximum Gasteiger partial charge on any atom is 0.106 e. The minimum atomic E-state index is 0.989. The number of amidine groups is 1. The van der Waals surface area contributed by atoms with Crippen LogP contribution in [0.1, 0.15) is 34.1 Å². The third kappa shape index (κ3) is 4.74. The second-order valence-electron chi connectivity index (χ2n) is 4.75. The molecular weight excluding hydrogens is 232 g/mol.